The van der Waals surface area contributed by atoms with Gasteiger partial charge in [0.15, 0.2) is 0 Å². The van der Waals surface area contributed by atoms with Crippen LogP contribution in [0.4, 0.5) is 23.2 Å². The van der Waals surface area contributed by atoms with Gasteiger partial charge in [-0.15, -0.1) is 0 Å². The van der Waals surface area contributed by atoms with E-state index in [9.17, 15) is 32.5 Å². The Kier molecular flexibility index (Phi) is 3.60. The number of hydrogen-bond acceptors (Lipinski definition) is 3. The molecule has 21 heavy (non-hydrogen) atoms. The van der Waals surface area contributed by atoms with Gasteiger partial charge in [0.2, 0.25) is 11.7 Å². The van der Waals surface area contributed by atoms with Gasteiger partial charge in [-0.25, -0.2) is 0 Å². The van der Waals surface area contributed by atoms with E-state index in [0.717, 1.165) is 18.2 Å². The molecule has 1 N–H and O–H groups in total. The highest BCUT2D eigenvalue weighted by atomic mass is 19.4. The predicted octanol–water partition coefficient (Wildman–Crippen LogP) is 2.69. The molecule has 2 rings (SSSR count). The van der Waals surface area contributed by atoms with Gasteiger partial charge in [-0.3, -0.25) is 14.9 Å². The largest absolute Gasteiger partial charge is 0.403 e. The highest BCUT2D eigenvalue weighted by molar-refractivity contribution is 5.86. The number of benzene rings is 1. The first-order valence-corrected chi connectivity index (χ1v) is 5.95. The summed E-state index contributed by atoms with van der Waals surface area (Å²) in [4.78, 5) is 21.2. The zero-order chi connectivity index (χ0) is 15.8. The molecule has 114 valence electrons. The molecule has 1 aromatic rings. The van der Waals surface area contributed by atoms with E-state index >= 15 is 0 Å². The molecule has 0 radical (unpaired) electrons. The summed E-state index contributed by atoms with van der Waals surface area (Å²) in [7, 11) is 0. The Hall–Kier alpha value is -2.19. The Balaban J connectivity index is 2.06. The normalized spacial score (nSPS) is 16.4. The maximum Gasteiger partial charge on any atom is 0.403 e. The highest BCUT2D eigenvalue weighted by Gasteiger charge is 2.68. The van der Waals surface area contributed by atoms with E-state index in [-0.39, 0.29) is 24.9 Å². The number of carbonyl (C=O) groups is 1. The third-order valence-electron chi connectivity index (χ3n) is 3.39. The predicted molar refractivity (Wildman–Crippen MR) is 62.6 cm³/mol. The lowest BCUT2D eigenvalue weighted by molar-refractivity contribution is -0.387. The van der Waals surface area contributed by atoms with E-state index < -0.39 is 33.9 Å². The first-order valence-electron chi connectivity index (χ1n) is 5.95. The molecular weight excluding hydrogens is 296 g/mol. The van der Waals surface area contributed by atoms with Crippen molar-refractivity contribution in [3.8, 4) is 0 Å². The van der Waals surface area contributed by atoms with Gasteiger partial charge in [0, 0.05) is 12.6 Å². The van der Waals surface area contributed by atoms with Crippen LogP contribution in [0.2, 0.25) is 0 Å². The number of hydrogen-bond donors (Lipinski definition) is 1. The first-order chi connectivity index (χ1) is 9.67. The molecule has 0 heterocycles. The Morgan fingerprint density at radius 2 is 2.00 bits per heavy atom. The summed E-state index contributed by atoms with van der Waals surface area (Å²) in [6.45, 7) is -0.336. The van der Waals surface area contributed by atoms with Crippen LogP contribution in [-0.2, 0) is 11.3 Å². The smallest absolute Gasteiger partial charge is 0.351 e. The van der Waals surface area contributed by atoms with Crippen molar-refractivity contribution in [1.29, 1.82) is 0 Å². The summed E-state index contributed by atoms with van der Waals surface area (Å²) in [6.07, 6.45) is -5.16. The molecule has 1 fully saturated rings. The SMILES string of the molecule is O=C(NCc1ccc(F)c([N+](=O)[O-])c1)C1(C(F)(F)F)CC1. The van der Waals surface area contributed by atoms with Gasteiger partial charge in [-0.05, 0) is 24.5 Å². The molecule has 5 nitrogen and oxygen atoms in total. The molecular formula is C12H10F4N2O3. The van der Waals surface area contributed by atoms with Gasteiger partial charge < -0.3 is 5.32 Å². The number of rotatable bonds is 4. The van der Waals surface area contributed by atoms with Crippen molar-refractivity contribution in [2.24, 2.45) is 5.41 Å². The molecule has 0 spiro atoms. The maximum absolute atomic E-state index is 13.1. The molecule has 1 aliphatic carbocycles. The van der Waals surface area contributed by atoms with Crippen LogP contribution in [0.15, 0.2) is 18.2 Å². The van der Waals surface area contributed by atoms with Crippen molar-refractivity contribution < 1.29 is 27.3 Å². The number of alkyl halides is 3. The number of nitrogens with one attached hydrogen (secondary N) is 1. The molecule has 1 amide bonds. The molecule has 0 saturated heterocycles. The Bertz CT molecular complexity index is 597. The maximum atomic E-state index is 13.1. The molecule has 0 aliphatic heterocycles. The van der Waals surface area contributed by atoms with E-state index in [1.54, 1.807) is 0 Å². The van der Waals surface area contributed by atoms with Crippen molar-refractivity contribution >= 4 is 11.6 Å². The third-order valence-corrected chi connectivity index (χ3v) is 3.39. The Morgan fingerprint density at radius 1 is 1.38 bits per heavy atom. The minimum Gasteiger partial charge on any atom is -0.351 e. The van der Waals surface area contributed by atoms with Crippen molar-refractivity contribution in [3.63, 3.8) is 0 Å². The Morgan fingerprint density at radius 3 is 2.48 bits per heavy atom. The van der Waals surface area contributed by atoms with E-state index in [1.807, 2.05) is 0 Å². The van der Waals surface area contributed by atoms with E-state index in [4.69, 9.17) is 0 Å². The van der Waals surface area contributed by atoms with Crippen LogP contribution in [0, 0.1) is 21.3 Å². The number of nitro benzene ring substituents is 1. The minimum absolute atomic E-state index is 0.148. The van der Waals surface area contributed by atoms with Crippen molar-refractivity contribution in [2.75, 3.05) is 0 Å². The van der Waals surface area contributed by atoms with Gasteiger partial charge in [-0.2, -0.15) is 17.6 Å². The summed E-state index contributed by atoms with van der Waals surface area (Å²) < 4.78 is 51.2. The van der Waals surface area contributed by atoms with Gasteiger partial charge in [0.25, 0.3) is 0 Å². The topological polar surface area (TPSA) is 72.2 Å². The fourth-order valence-corrected chi connectivity index (χ4v) is 1.92. The number of nitro groups is 1. The van der Waals surface area contributed by atoms with Gasteiger partial charge in [0.1, 0.15) is 5.41 Å². The summed E-state index contributed by atoms with van der Waals surface area (Å²) in [5.74, 6) is -2.22. The molecule has 1 aliphatic rings. The zero-order valence-electron chi connectivity index (χ0n) is 10.5. The molecule has 0 unspecified atom stereocenters. The van der Waals surface area contributed by atoms with Crippen molar-refractivity contribution in [2.45, 2.75) is 25.6 Å². The average Bonchev–Trinajstić information content (AvgIpc) is 3.17. The van der Waals surface area contributed by atoms with Crippen LogP contribution >= 0.6 is 0 Å². The lowest BCUT2D eigenvalue weighted by atomic mass is 10.1. The monoisotopic (exact) mass is 306 g/mol. The number of carbonyl (C=O) groups excluding carboxylic acids is 1. The van der Waals surface area contributed by atoms with Crippen LogP contribution < -0.4 is 5.32 Å². The fraction of sp³-hybridized carbons (Fsp3) is 0.417. The summed E-state index contributed by atoms with van der Waals surface area (Å²) >= 11 is 0. The standard InChI is InChI=1S/C12H10F4N2O3/c13-8-2-1-7(5-9(8)18(20)21)6-17-10(19)11(3-4-11)12(14,15)16/h1-2,5H,3-4,6H2,(H,17,19). The van der Waals surface area contributed by atoms with Gasteiger partial charge in [0.05, 0.1) is 4.92 Å². The number of amides is 1. The van der Waals surface area contributed by atoms with Crippen LogP contribution in [-0.4, -0.2) is 17.0 Å². The van der Waals surface area contributed by atoms with E-state index in [0.29, 0.717) is 0 Å². The average molecular weight is 306 g/mol. The number of nitrogens with zero attached hydrogens (tertiary/aromatic N) is 1. The second kappa shape index (κ2) is 4.97. The lowest BCUT2D eigenvalue weighted by Crippen LogP contribution is -2.40. The molecule has 9 heteroatoms. The molecule has 0 bridgehead atoms. The molecule has 1 saturated carbocycles. The van der Waals surface area contributed by atoms with E-state index in [2.05, 4.69) is 5.32 Å². The van der Waals surface area contributed by atoms with Crippen LogP contribution in [0.1, 0.15) is 18.4 Å². The second-order valence-corrected chi connectivity index (χ2v) is 4.81. The summed E-state index contributed by atoms with van der Waals surface area (Å²) in [5.41, 5.74) is -2.99. The third kappa shape index (κ3) is 2.81. The zero-order valence-corrected chi connectivity index (χ0v) is 10.5. The van der Waals surface area contributed by atoms with Crippen LogP contribution in [0.3, 0.4) is 0 Å². The Labute approximate surface area is 116 Å². The fourth-order valence-electron chi connectivity index (χ4n) is 1.92. The summed E-state index contributed by atoms with van der Waals surface area (Å²) in [6, 6.07) is 2.87. The van der Waals surface area contributed by atoms with Gasteiger partial charge >= 0.3 is 11.9 Å². The van der Waals surface area contributed by atoms with Crippen LogP contribution in [0.5, 0.6) is 0 Å². The van der Waals surface area contributed by atoms with Crippen molar-refractivity contribution in [3.05, 3.63) is 39.7 Å². The molecule has 0 atom stereocenters. The molecule has 0 aromatic heterocycles. The second-order valence-electron chi connectivity index (χ2n) is 4.81. The highest BCUT2D eigenvalue weighted by Crippen LogP contribution is 2.57. The quantitative estimate of drug-likeness (QED) is 0.528. The first kappa shape index (κ1) is 15.2. The van der Waals surface area contributed by atoms with Crippen LogP contribution in [0.25, 0.3) is 0 Å². The minimum atomic E-state index is -4.62. The molecule has 1 aromatic carbocycles. The summed E-state index contributed by atoms with van der Waals surface area (Å²) in [5, 5.41) is 12.6. The van der Waals surface area contributed by atoms with Crippen molar-refractivity contribution in [1.82, 2.24) is 5.32 Å². The number of halogens is 4. The lowest BCUT2D eigenvalue weighted by Gasteiger charge is -2.18. The van der Waals surface area contributed by atoms with E-state index in [1.165, 1.54) is 0 Å². The van der Waals surface area contributed by atoms with Gasteiger partial charge in [-0.1, -0.05) is 6.07 Å².